The minimum absolute atomic E-state index is 0.0256. The quantitative estimate of drug-likeness (QED) is 0.453. The molecular weight excluding hydrogens is 450 g/mol. The van der Waals surface area contributed by atoms with E-state index in [1.54, 1.807) is 21.9 Å². The predicted octanol–water partition coefficient (Wildman–Crippen LogP) is 1.29. The third kappa shape index (κ3) is 7.55. The summed E-state index contributed by atoms with van der Waals surface area (Å²) in [7, 11) is 0. The fourth-order valence-corrected chi connectivity index (χ4v) is 4.74. The van der Waals surface area contributed by atoms with Gasteiger partial charge in [0.25, 0.3) is 5.91 Å². The minimum atomic E-state index is -0.608. The van der Waals surface area contributed by atoms with E-state index in [-0.39, 0.29) is 48.5 Å². The SMILES string of the molecule is CC(C)CC(=O)NC(C)CCN(C(=O)c1ccco1)C1CN(CC2CCNCC2)C(=O)CN1C=O. The molecule has 2 N–H and O–H groups in total. The zero-order chi connectivity index (χ0) is 25.4. The molecule has 3 rings (SSSR count). The summed E-state index contributed by atoms with van der Waals surface area (Å²) in [5.41, 5.74) is 0. The van der Waals surface area contributed by atoms with E-state index in [0.29, 0.717) is 38.3 Å². The summed E-state index contributed by atoms with van der Waals surface area (Å²) in [5.74, 6) is 0.354. The van der Waals surface area contributed by atoms with Gasteiger partial charge in [-0.05, 0) is 63.2 Å². The van der Waals surface area contributed by atoms with Crippen LogP contribution in [-0.2, 0) is 14.4 Å². The van der Waals surface area contributed by atoms with E-state index in [2.05, 4.69) is 10.6 Å². The van der Waals surface area contributed by atoms with Gasteiger partial charge in [0, 0.05) is 25.6 Å². The van der Waals surface area contributed by atoms with Crippen LogP contribution in [0.15, 0.2) is 22.8 Å². The molecule has 4 amide bonds. The number of rotatable bonds is 11. The number of piperidine rings is 1. The van der Waals surface area contributed by atoms with Crippen LogP contribution in [0.25, 0.3) is 0 Å². The van der Waals surface area contributed by atoms with E-state index in [0.717, 1.165) is 25.9 Å². The van der Waals surface area contributed by atoms with Crippen LogP contribution in [0.1, 0.15) is 57.0 Å². The van der Waals surface area contributed by atoms with E-state index in [4.69, 9.17) is 4.42 Å². The molecule has 0 saturated carbocycles. The third-order valence-electron chi connectivity index (χ3n) is 6.67. The van der Waals surface area contributed by atoms with Crippen LogP contribution >= 0.6 is 0 Å². The number of hydrogen-bond acceptors (Lipinski definition) is 6. The van der Waals surface area contributed by atoms with Gasteiger partial charge in [0.05, 0.1) is 12.8 Å². The van der Waals surface area contributed by atoms with Crippen molar-refractivity contribution in [3.63, 3.8) is 0 Å². The highest BCUT2D eigenvalue weighted by atomic mass is 16.3. The van der Waals surface area contributed by atoms with Crippen LogP contribution in [0.5, 0.6) is 0 Å². The van der Waals surface area contributed by atoms with Gasteiger partial charge in [-0.15, -0.1) is 0 Å². The maximum atomic E-state index is 13.4. The Morgan fingerprint density at radius 1 is 1.29 bits per heavy atom. The second-order valence-corrected chi connectivity index (χ2v) is 10.1. The maximum absolute atomic E-state index is 13.4. The summed E-state index contributed by atoms with van der Waals surface area (Å²) < 4.78 is 5.37. The Labute approximate surface area is 207 Å². The Hall–Kier alpha value is -2.88. The second kappa shape index (κ2) is 12.7. The molecule has 3 heterocycles. The molecular formula is C25H39N5O5. The number of hydrogen-bond donors (Lipinski definition) is 2. The molecule has 2 unspecified atom stereocenters. The van der Waals surface area contributed by atoms with Gasteiger partial charge in [0.15, 0.2) is 5.76 Å². The second-order valence-electron chi connectivity index (χ2n) is 10.1. The molecule has 2 aliphatic rings. The van der Waals surface area contributed by atoms with E-state index >= 15 is 0 Å². The van der Waals surface area contributed by atoms with Crippen molar-refractivity contribution in [1.82, 2.24) is 25.3 Å². The van der Waals surface area contributed by atoms with Gasteiger partial charge in [-0.25, -0.2) is 0 Å². The standard InChI is InChI=1S/C25H39N5O5/c1-18(2)13-22(32)27-19(3)8-11-30(25(34)21-5-4-12-35-21)23-15-28(24(33)16-29(23)17-31)14-20-6-9-26-10-7-20/h4-5,12,17-20,23,26H,6-11,13-16H2,1-3H3,(H,27,32). The van der Waals surface area contributed by atoms with Crippen LogP contribution in [0.3, 0.4) is 0 Å². The molecule has 0 radical (unpaired) electrons. The average Bonchev–Trinajstić information content (AvgIpc) is 3.36. The Kier molecular flexibility index (Phi) is 9.71. The predicted molar refractivity (Wildman–Crippen MR) is 130 cm³/mol. The number of furan rings is 1. The highest BCUT2D eigenvalue weighted by Gasteiger charge is 2.38. The molecule has 0 aliphatic carbocycles. The van der Waals surface area contributed by atoms with Crippen molar-refractivity contribution in [3.8, 4) is 0 Å². The number of nitrogens with zero attached hydrogens (tertiary/aromatic N) is 3. The van der Waals surface area contributed by atoms with Crippen LogP contribution < -0.4 is 10.6 Å². The lowest BCUT2D eigenvalue weighted by Crippen LogP contribution is -2.63. The number of amides is 4. The summed E-state index contributed by atoms with van der Waals surface area (Å²) in [5, 5.41) is 6.32. The van der Waals surface area contributed by atoms with E-state index in [1.807, 2.05) is 20.8 Å². The molecule has 2 saturated heterocycles. The van der Waals surface area contributed by atoms with Gasteiger partial charge < -0.3 is 29.8 Å². The van der Waals surface area contributed by atoms with Gasteiger partial charge in [-0.2, -0.15) is 0 Å². The van der Waals surface area contributed by atoms with Gasteiger partial charge in [-0.3, -0.25) is 19.2 Å². The van der Waals surface area contributed by atoms with Crippen LogP contribution in [0.2, 0.25) is 0 Å². The first-order valence-electron chi connectivity index (χ1n) is 12.6. The van der Waals surface area contributed by atoms with Gasteiger partial charge in [-0.1, -0.05) is 13.8 Å². The first-order chi connectivity index (χ1) is 16.8. The summed E-state index contributed by atoms with van der Waals surface area (Å²) in [6, 6.07) is 3.08. The van der Waals surface area contributed by atoms with Crippen molar-refractivity contribution in [2.24, 2.45) is 11.8 Å². The fourth-order valence-electron chi connectivity index (χ4n) is 4.74. The van der Waals surface area contributed by atoms with Crippen LogP contribution in [0.4, 0.5) is 0 Å². The molecule has 0 spiro atoms. The maximum Gasteiger partial charge on any atom is 0.291 e. The Morgan fingerprint density at radius 2 is 2.03 bits per heavy atom. The largest absolute Gasteiger partial charge is 0.459 e. The molecule has 0 bridgehead atoms. The van der Waals surface area contributed by atoms with Crippen molar-refractivity contribution < 1.29 is 23.6 Å². The fraction of sp³-hybridized carbons (Fsp3) is 0.680. The van der Waals surface area contributed by atoms with Crippen molar-refractivity contribution in [1.29, 1.82) is 0 Å². The summed E-state index contributed by atoms with van der Waals surface area (Å²) in [4.78, 5) is 55.1. The molecule has 2 atom stereocenters. The topological polar surface area (TPSA) is 115 Å². The normalized spacial score (nSPS) is 20.1. The number of piperazine rings is 1. The lowest BCUT2D eigenvalue weighted by Gasteiger charge is -2.45. The summed E-state index contributed by atoms with van der Waals surface area (Å²) >= 11 is 0. The molecule has 2 fully saturated rings. The van der Waals surface area contributed by atoms with Gasteiger partial charge in [0.2, 0.25) is 18.2 Å². The van der Waals surface area contributed by atoms with Crippen LogP contribution in [0, 0.1) is 11.8 Å². The lowest BCUT2D eigenvalue weighted by molar-refractivity contribution is -0.148. The number of carbonyl (C=O) groups excluding carboxylic acids is 4. The summed E-state index contributed by atoms with van der Waals surface area (Å²) in [6.45, 7) is 8.84. The molecule has 1 aromatic rings. The van der Waals surface area contributed by atoms with Gasteiger partial charge >= 0.3 is 0 Å². The molecule has 2 aliphatic heterocycles. The Morgan fingerprint density at radius 3 is 2.66 bits per heavy atom. The Bertz CT molecular complexity index is 852. The van der Waals surface area contributed by atoms with E-state index in [9.17, 15) is 19.2 Å². The number of nitrogens with one attached hydrogen (secondary N) is 2. The summed E-state index contributed by atoms with van der Waals surface area (Å²) in [6.07, 6.45) is 4.40. The lowest BCUT2D eigenvalue weighted by atomic mass is 9.97. The molecule has 10 heteroatoms. The smallest absolute Gasteiger partial charge is 0.291 e. The highest BCUT2D eigenvalue weighted by Crippen LogP contribution is 2.21. The Balaban J connectivity index is 1.74. The zero-order valence-electron chi connectivity index (χ0n) is 21.1. The molecule has 10 nitrogen and oxygen atoms in total. The first kappa shape index (κ1) is 26.7. The van der Waals surface area contributed by atoms with Crippen molar-refractivity contribution in [2.45, 2.75) is 58.7 Å². The van der Waals surface area contributed by atoms with Crippen molar-refractivity contribution in [2.75, 3.05) is 39.3 Å². The molecule has 194 valence electrons. The van der Waals surface area contributed by atoms with E-state index < -0.39 is 6.17 Å². The molecule has 1 aromatic heterocycles. The number of carbonyl (C=O) groups is 4. The third-order valence-corrected chi connectivity index (χ3v) is 6.67. The highest BCUT2D eigenvalue weighted by molar-refractivity contribution is 5.92. The van der Waals surface area contributed by atoms with Crippen molar-refractivity contribution in [3.05, 3.63) is 24.2 Å². The molecule has 35 heavy (non-hydrogen) atoms. The van der Waals surface area contributed by atoms with Gasteiger partial charge in [0.1, 0.15) is 12.7 Å². The molecule has 0 aromatic carbocycles. The monoisotopic (exact) mass is 489 g/mol. The van der Waals surface area contributed by atoms with E-state index in [1.165, 1.54) is 11.2 Å². The van der Waals surface area contributed by atoms with Crippen LogP contribution in [-0.4, -0.2) is 90.3 Å². The zero-order valence-corrected chi connectivity index (χ0v) is 21.1. The first-order valence-corrected chi connectivity index (χ1v) is 12.6. The minimum Gasteiger partial charge on any atom is -0.459 e. The van der Waals surface area contributed by atoms with Crippen molar-refractivity contribution >= 4 is 24.1 Å². The average molecular weight is 490 g/mol.